The fourth-order valence-electron chi connectivity index (χ4n) is 0.985. The largest absolute Gasteiger partial charge is 0.383 e. The van der Waals surface area contributed by atoms with Gasteiger partial charge in [0.25, 0.3) is 0 Å². The van der Waals surface area contributed by atoms with Crippen LogP contribution in [0, 0.1) is 0 Å². The van der Waals surface area contributed by atoms with Gasteiger partial charge in [0, 0.05) is 20.1 Å². The Bertz CT molecular complexity index is 126. The van der Waals surface area contributed by atoms with Gasteiger partial charge in [0.15, 0.2) is 0 Å². The van der Waals surface area contributed by atoms with Crippen LogP contribution in [0.1, 0.15) is 19.8 Å². The molecule has 3 nitrogen and oxygen atoms in total. The zero-order chi connectivity index (χ0) is 9.40. The van der Waals surface area contributed by atoms with E-state index in [0.29, 0.717) is 25.4 Å². The maximum absolute atomic E-state index is 11.1. The first kappa shape index (κ1) is 11.6. The van der Waals surface area contributed by atoms with E-state index in [1.165, 1.54) is 0 Å². The average Bonchev–Trinajstić information content (AvgIpc) is 2.01. The number of nitrogens with zero attached hydrogens (tertiary/aromatic N) is 1. The molecule has 0 radical (unpaired) electrons. The summed E-state index contributed by atoms with van der Waals surface area (Å²) in [7, 11) is 3.61. The number of carbonyl (C=O) groups excluding carboxylic acids is 1. The highest BCUT2D eigenvalue weighted by atomic mass is 16.5. The number of ether oxygens (including phenoxy) is 1. The van der Waals surface area contributed by atoms with Gasteiger partial charge in [0.05, 0.1) is 13.2 Å². The first-order chi connectivity index (χ1) is 5.70. The second-order valence-electron chi connectivity index (χ2n) is 3.02. The molecule has 0 saturated carbocycles. The highest BCUT2D eigenvalue weighted by molar-refractivity contribution is 5.80. The number of ketones is 1. The Balaban J connectivity index is 3.40. The maximum Gasteiger partial charge on any atom is 0.146 e. The molecule has 0 atom stereocenters. The van der Waals surface area contributed by atoms with Gasteiger partial charge in [-0.15, -0.1) is 0 Å². The molecule has 0 bridgehead atoms. The molecule has 0 heterocycles. The van der Waals surface area contributed by atoms with E-state index < -0.39 is 0 Å². The van der Waals surface area contributed by atoms with Gasteiger partial charge < -0.3 is 4.74 Å². The Morgan fingerprint density at radius 2 is 2.17 bits per heavy atom. The molecule has 12 heavy (non-hydrogen) atoms. The molecule has 0 aliphatic carbocycles. The summed E-state index contributed by atoms with van der Waals surface area (Å²) >= 11 is 0. The van der Waals surface area contributed by atoms with E-state index in [1.807, 2.05) is 18.9 Å². The molecule has 0 aromatic heterocycles. The van der Waals surface area contributed by atoms with Crippen LogP contribution < -0.4 is 0 Å². The minimum absolute atomic E-state index is 0.316. The van der Waals surface area contributed by atoms with Gasteiger partial charge in [-0.3, -0.25) is 9.69 Å². The van der Waals surface area contributed by atoms with Crippen LogP contribution in [0.4, 0.5) is 0 Å². The summed E-state index contributed by atoms with van der Waals surface area (Å²) in [5.74, 6) is 0.316. The summed E-state index contributed by atoms with van der Waals surface area (Å²) in [5, 5.41) is 0. The van der Waals surface area contributed by atoms with Crippen LogP contribution in [0.25, 0.3) is 0 Å². The first-order valence-corrected chi connectivity index (χ1v) is 4.39. The average molecular weight is 173 g/mol. The predicted molar refractivity (Wildman–Crippen MR) is 49.3 cm³/mol. The summed E-state index contributed by atoms with van der Waals surface area (Å²) < 4.78 is 4.90. The molecule has 0 saturated heterocycles. The predicted octanol–water partition coefficient (Wildman–Crippen LogP) is 0.934. The van der Waals surface area contributed by atoms with Crippen LogP contribution in [0.3, 0.4) is 0 Å². The number of carbonyl (C=O) groups is 1. The van der Waals surface area contributed by atoms with Crippen molar-refractivity contribution in [1.82, 2.24) is 4.90 Å². The number of likely N-dealkylation sites (N-methyl/N-ethyl adjacent to an activating group) is 1. The van der Waals surface area contributed by atoms with Crippen LogP contribution in [0.15, 0.2) is 0 Å². The van der Waals surface area contributed by atoms with Gasteiger partial charge >= 0.3 is 0 Å². The lowest BCUT2D eigenvalue weighted by Crippen LogP contribution is -2.28. The van der Waals surface area contributed by atoms with E-state index in [4.69, 9.17) is 4.74 Å². The standard InChI is InChI=1S/C9H19NO2/c1-4-5-9(11)8-10(2)6-7-12-3/h4-8H2,1-3H3. The van der Waals surface area contributed by atoms with Crippen molar-refractivity contribution in [1.29, 1.82) is 0 Å². The molecule has 0 fully saturated rings. The molecule has 0 N–H and O–H groups in total. The number of hydrogen-bond acceptors (Lipinski definition) is 3. The summed E-state index contributed by atoms with van der Waals surface area (Å²) in [6, 6.07) is 0. The summed E-state index contributed by atoms with van der Waals surface area (Å²) in [5.41, 5.74) is 0. The van der Waals surface area contributed by atoms with Crippen molar-refractivity contribution in [3.63, 3.8) is 0 Å². The van der Waals surface area contributed by atoms with Crippen molar-refractivity contribution in [3.05, 3.63) is 0 Å². The molecule has 3 heteroatoms. The molecule has 0 unspecified atom stereocenters. The van der Waals surface area contributed by atoms with Crippen molar-refractivity contribution in [3.8, 4) is 0 Å². The number of hydrogen-bond donors (Lipinski definition) is 0. The summed E-state index contributed by atoms with van der Waals surface area (Å²) in [4.78, 5) is 13.1. The van der Waals surface area contributed by atoms with Crippen LogP contribution in [0.2, 0.25) is 0 Å². The quantitative estimate of drug-likeness (QED) is 0.573. The highest BCUT2D eigenvalue weighted by Gasteiger charge is 2.04. The van der Waals surface area contributed by atoms with Crippen LogP contribution >= 0.6 is 0 Å². The summed E-state index contributed by atoms with van der Waals surface area (Å²) in [6.45, 7) is 4.09. The molecule has 0 aliphatic heterocycles. The number of Topliss-reactive ketones (excluding diaryl/α,β-unsaturated/α-hetero) is 1. The van der Waals surface area contributed by atoms with Gasteiger partial charge in [-0.1, -0.05) is 6.92 Å². The second-order valence-corrected chi connectivity index (χ2v) is 3.02. The fraction of sp³-hybridized carbons (Fsp3) is 0.889. The molecule has 0 aromatic rings. The minimum Gasteiger partial charge on any atom is -0.383 e. The monoisotopic (exact) mass is 173 g/mol. The zero-order valence-electron chi connectivity index (χ0n) is 8.30. The minimum atomic E-state index is 0.316. The van der Waals surface area contributed by atoms with E-state index in [-0.39, 0.29) is 0 Å². The lowest BCUT2D eigenvalue weighted by Gasteiger charge is -2.14. The fourth-order valence-corrected chi connectivity index (χ4v) is 0.985. The molecule has 0 spiro atoms. The molecule has 0 aromatic carbocycles. The van der Waals surface area contributed by atoms with E-state index in [1.54, 1.807) is 7.11 Å². The van der Waals surface area contributed by atoms with Crippen molar-refractivity contribution in [2.24, 2.45) is 0 Å². The Morgan fingerprint density at radius 3 is 2.67 bits per heavy atom. The maximum atomic E-state index is 11.1. The van der Waals surface area contributed by atoms with E-state index in [0.717, 1.165) is 13.0 Å². The normalized spacial score (nSPS) is 10.7. The highest BCUT2D eigenvalue weighted by Crippen LogP contribution is 1.91. The second kappa shape index (κ2) is 7.25. The van der Waals surface area contributed by atoms with Crippen LogP contribution in [0.5, 0.6) is 0 Å². The van der Waals surface area contributed by atoms with Gasteiger partial charge in [0.1, 0.15) is 5.78 Å². The van der Waals surface area contributed by atoms with Crippen molar-refractivity contribution >= 4 is 5.78 Å². The van der Waals surface area contributed by atoms with Gasteiger partial charge in [-0.2, -0.15) is 0 Å². The topological polar surface area (TPSA) is 29.5 Å². The van der Waals surface area contributed by atoms with Crippen molar-refractivity contribution < 1.29 is 9.53 Å². The SMILES string of the molecule is CCCC(=O)CN(C)CCOC. The number of rotatable bonds is 7. The first-order valence-electron chi connectivity index (χ1n) is 4.39. The van der Waals surface area contributed by atoms with Gasteiger partial charge in [-0.25, -0.2) is 0 Å². The Hall–Kier alpha value is -0.410. The summed E-state index contributed by atoms with van der Waals surface area (Å²) in [6.07, 6.45) is 1.63. The molecule has 72 valence electrons. The van der Waals surface area contributed by atoms with Crippen molar-refractivity contribution in [2.75, 3.05) is 33.9 Å². The van der Waals surface area contributed by atoms with Gasteiger partial charge in [0.2, 0.25) is 0 Å². The Morgan fingerprint density at radius 1 is 1.50 bits per heavy atom. The lowest BCUT2D eigenvalue weighted by atomic mass is 10.2. The van der Waals surface area contributed by atoms with Crippen LogP contribution in [-0.2, 0) is 9.53 Å². The Kier molecular flexibility index (Phi) is 7.00. The molecule has 0 aliphatic rings. The van der Waals surface area contributed by atoms with E-state index in [9.17, 15) is 4.79 Å². The molecular formula is C9H19NO2. The van der Waals surface area contributed by atoms with E-state index in [2.05, 4.69) is 0 Å². The van der Waals surface area contributed by atoms with Gasteiger partial charge in [-0.05, 0) is 13.5 Å². The smallest absolute Gasteiger partial charge is 0.146 e. The Labute approximate surface area is 74.7 Å². The number of methoxy groups -OCH3 is 1. The molecular weight excluding hydrogens is 154 g/mol. The van der Waals surface area contributed by atoms with E-state index >= 15 is 0 Å². The third-order valence-electron chi connectivity index (χ3n) is 1.65. The third kappa shape index (κ3) is 6.31. The third-order valence-corrected chi connectivity index (χ3v) is 1.65. The lowest BCUT2D eigenvalue weighted by molar-refractivity contribution is -0.120. The van der Waals surface area contributed by atoms with Crippen molar-refractivity contribution in [2.45, 2.75) is 19.8 Å². The zero-order valence-corrected chi connectivity index (χ0v) is 8.30. The van der Waals surface area contributed by atoms with Crippen LogP contribution in [-0.4, -0.2) is 44.5 Å². The molecule has 0 rings (SSSR count). The molecule has 0 amide bonds.